The minimum Gasteiger partial charge on any atom is -0.469 e. The topological polar surface area (TPSA) is 45.5 Å². The van der Waals surface area contributed by atoms with E-state index in [2.05, 4.69) is 5.32 Å². The second-order valence-corrected chi connectivity index (χ2v) is 4.52. The van der Waals surface area contributed by atoms with Crippen LogP contribution in [0, 0.1) is 0 Å². The van der Waals surface area contributed by atoms with Crippen molar-refractivity contribution in [1.82, 2.24) is 10.2 Å². The van der Waals surface area contributed by atoms with Gasteiger partial charge in [-0.2, -0.15) is 0 Å². The molecule has 1 saturated heterocycles. The maximum Gasteiger partial charge on any atom is 0.223 e. The van der Waals surface area contributed by atoms with Crippen LogP contribution in [-0.2, 0) is 11.2 Å². The van der Waals surface area contributed by atoms with Crippen LogP contribution in [0.5, 0.6) is 0 Å². The number of piperidine rings is 1. The Morgan fingerprint density at radius 3 is 2.88 bits per heavy atom. The highest BCUT2D eigenvalue weighted by molar-refractivity contribution is 5.76. The monoisotopic (exact) mass is 236 g/mol. The number of furan rings is 1. The number of likely N-dealkylation sites (tertiary alicyclic amines) is 1. The first-order chi connectivity index (χ1) is 8.29. The molecule has 0 radical (unpaired) electrons. The first-order valence-corrected chi connectivity index (χ1v) is 6.27. The molecule has 17 heavy (non-hydrogen) atoms. The van der Waals surface area contributed by atoms with Gasteiger partial charge >= 0.3 is 0 Å². The van der Waals surface area contributed by atoms with Gasteiger partial charge in [0.1, 0.15) is 5.76 Å². The SMILES string of the molecule is CNC1CCN(C(=O)CCc2ccco2)CC1. The van der Waals surface area contributed by atoms with E-state index in [9.17, 15) is 4.79 Å². The Hall–Kier alpha value is -1.29. The second kappa shape index (κ2) is 5.87. The number of rotatable bonds is 4. The predicted molar refractivity (Wildman–Crippen MR) is 65.7 cm³/mol. The molecule has 4 nitrogen and oxygen atoms in total. The summed E-state index contributed by atoms with van der Waals surface area (Å²) in [4.78, 5) is 13.9. The molecular weight excluding hydrogens is 216 g/mol. The molecule has 2 rings (SSSR count). The molecule has 0 aromatic carbocycles. The number of hydrogen-bond donors (Lipinski definition) is 1. The fraction of sp³-hybridized carbons (Fsp3) is 0.615. The van der Waals surface area contributed by atoms with E-state index in [1.807, 2.05) is 24.1 Å². The van der Waals surface area contributed by atoms with E-state index in [0.717, 1.165) is 31.7 Å². The lowest BCUT2D eigenvalue weighted by Gasteiger charge is -2.31. The number of nitrogens with zero attached hydrogens (tertiary/aromatic N) is 1. The van der Waals surface area contributed by atoms with Crippen LogP contribution in [0.25, 0.3) is 0 Å². The molecule has 2 heterocycles. The van der Waals surface area contributed by atoms with Crippen LogP contribution in [0.4, 0.5) is 0 Å². The predicted octanol–water partition coefficient (Wildman–Crippen LogP) is 1.42. The van der Waals surface area contributed by atoms with E-state index in [1.165, 1.54) is 0 Å². The van der Waals surface area contributed by atoms with Crippen LogP contribution in [0.3, 0.4) is 0 Å². The van der Waals surface area contributed by atoms with E-state index >= 15 is 0 Å². The average Bonchev–Trinajstić information content (AvgIpc) is 2.89. The van der Waals surface area contributed by atoms with Gasteiger partial charge in [-0.25, -0.2) is 0 Å². The van der Waals surface area contributed by atoms with E-state index in [-0.39, 0.29) is 5.91 Å². The second-order valence-electron chi connectivity index (χ2n) is 4.52. The van der Waals surface area contributed by atoms with Crippen LogP contribution in [0.15, 0.2) is 22.8 Å². The normalized spacial score (nSPS) is 17.4. The number of nitrogens with one attached hydrogen (secondary N) is 1. The van der Waals surface area contributed by atoms with Crippen molar-refractivity contribution in [2.45, 2.75) is 31.7 Å². The number of carbonyl (C=O) groups is 1. The third-order valence-electron chi connectivity index (χ3n) is 3.42. The van der Waals surface area contributed by atoms with Gasteiger partial charge in [0.2, 0.25) is 5.91 Å². The molecule has 0 bridgehead atoms. The molecule has 1 aliphatic heterocycles. The smallest absolute Gasteiger partial charge is 0.223 e. The zero-order valence-corrected chi connectivity index (χ0v) is 10.3. The maximum absolute atomic E-state index is 12.0. The highest BCUT2D eigenvalue weighted by Gasteiger charge is 2.21. The van der Waals surface area contributed by atoms with Crippen molar-refractivity contribution in [3.05, 3.63) is 24.2 Å². The zero-order valence-electron chi connectivity index (χ0n) is 10.3. The van der Waals surface area contributed by atoms with Crippen LogP contribution >= 0.6 is 0 Å². The van der Waals surface area contributed by atoms with Gasteiger partial charge in [-0.15, -0.1) is 0 Å². The minimum absolute atomic E-state index is 0.246. The number of aryl methyl sites for hydroxylation is 1. The fourth-order valence-corrected chi connectivity index (χ4v) is 2.26. The Kier molecular flexibility index (Phi) is 4.20. The lowest BCUT2D eigenvalue weighted by Crippen LogP contribution is -2.44. The van der Waals surface area contributed by atoms with Crippen molar-refractivity contribution in [2.24, 2.45) is 0 Å². The van der Waals surface area contributed by atoms with E-state index in [1.54, 1.807) is 6.26 Å². The lowest BCUT2D eigenvalue weighted by molar-refractivity contribution is -0.132. The van der Waals surface area contributed by atoms with Gasteiger partial charge in [-0.05, 0) is 32.0 Å². The molecule has 0 spiro atoms. The Morgan fingerprint density at radius 2 is 2.29 bits per heavy atom. The summed E-state index contributed by atoms with van der Waals surface area (Å²) in [6.45, 7) is 1.75. The van der Waals surface area contributed by atoms with Gasteiger partial charge in [0.05, 0.1) is 6.26 Å². The molecule has 1 amide bonds. The fourth-order valence-electron chi connectivity index (χ4n) is 2.26. The van der Waals surface area contributed by atoms with Crippen molar-refractivity contribution in [1.29, 1.82) is 0 Å². The molecule has 1 N–H and O–H groups in total. The molecule has 0 saturated carbocycles. The highest BCUT2D eigenvalue weighted by Crippen LogP contribution is 2.12. The van der Waals surface area contributed by atoms with Gasteiger partial charge in [0.25, 0.3) is 0 Å². The van der Waals surface area contributed by atoms with E-state index in [4.69, 9.17) is 4.42 Å². The maximum atomic E-state index is 12.0. The number of hydrogen-bond acceptors (Lipinski definition) is 3. The standard InChI is InChI=1S/C13H20N2O2/c1-14-11-6-8-15(9-7-11)13(16)5-4-12-3-2-10-17-12/h2-3,10-11,14H,4-9H2,1H3. The molecule has 0 unspecified atom stereocenters. The van der Waals surface area contributed by atoms with Crippen LogP contribution in [0.1, 0.15) is 25.0 Å². The highest BCUT2D eigenvalue weighted by atomic mass is 16.3. The summed E-state index contributed by atoms with van der Waals surface area (Å²) in [6, 6.07) is 4.35. The molecule has 0 atom stereocenters. The summed E-state index contributed by atoms with van der Waals surface area (Å²) in [5.74, 6) is 1.14. The zero-order chi connectivity index (χ0) is 12.1. The summed E-state index contributed by atoms with van der Waals surface area (Å²) in [6.07, 6.45) is 5.03. The first-order valence-electron chi connectivity index (χ1n) is 6.27. The molecule has 0 aliphatic carbocycles. The third-order valence-corrected chi connectivity index (χ3v) is 3.42. The van der Waals surface area contributed by atoms with Crippen molar-refractivity contribution in [2.75, 3.05) is 20.1 Å². The molecule has 94 valence electrons. The quantitative estimate of drug-likeness (QED) is 0.860. The summed E-state index contributed by atoms with van der Waals surface area (Å²) in [5, 5.41) is 3.26. The number of carbonyl (C=O) groups excluding carboxylic acids is 1. The molecular formula is C13H20N2O2. The van der Waals surface area contributed by atoms with Gasteiger partial charge in [-0.3, -0.25) is 4.79 Å². The lowest BCUT2D eigenvalue weighted by atomic mass is 10.0. The van der Waals surface area contributed by atoms with Gasteiger partial charge in [0.15, 0.2) is 0 Å². The van der Waals surface area contributed by atoms with Crippen molar-refractivity contribution in [3.8, 4) is 0 Å². The van der Waals surface area contributed by atoms with Crippen molar-refractivity contribution in [3.63, 3.8) is 0 Å². The molecule has 4 heteroatoms. The summed E-state index contributed by atoms with van der Waals surface area (Å²) in [5.41, 5.74) is 0. The first kappa shape index (κ1) is 12.2. The van der Waals surface area contributed by atoms with E-state index in [0.29, 0.717) is 18.9 Å². The summed E-state index contributed by atoms with van der Waals surface area (Å²) < 4.78 is 5.22. The van der Waals surface area contributed by atoms with Gasteiger partial charge in [0, 0.05) is 32.0 Å². The van der Waals surface area contributed by atoms with Gasteiger partial charge < -0.3 is 14.6 Å². The van der Waals surface area contributed by atoms with Gasteiger partial charge in [-0.1, -0.05) is 0 Å². The van der Waals surface area contributed by atoms with Crippen LogP contribution < -0.4 is 5.32 Å². The Bertz CT molecular complexity index is 340. The van der Waals surface area contributed by atoms with Crippen molar-refractivity contribution < 1.29 is 9.21 Å². The van der Waals surface area contributed by atoms with Crippen LogP contribution in [-0.4, -0.2) is 37.0 Å². The Labute approximate surface area is 102 Å². The van der Waals surface area contributed by atoms with Crippen LogP contribution in [0.2, 0.25) is 0 Å². The van der Waals surface area contributed by atoms with E-state index < -0.39 is 0 Å². The Morgan fingerprint density at radius 1 is 1.53 bits per heavy atom. The summed E-state index contributed by atoms with van der Waals surface area (Å²) in [7, 11) is 1.99. The third kappa shape index (κ3) is 3.33. The minimum atomic E-state index is 0.246. The molecule has 1 aromatic heterocycles. The molecule has 1 fully saturated rings. The Balaban J connectivity index is 1.73. The molecule has 1 aromatic rings. The number of amides is 1. The average molecular weight is 236 g/mol. The largest absolute Gasteiger partial charge is 0.469 e. The molecule has 1 aliphatic rings. The van der Waals surface area contributed by atoms with Crippen molar-refractivity contribution >= 4 is 5.91 Å². The summed E-state index contributed by atoms with van der Waals surface area (Å²) >= 11 is 0.